The molecule has 1 aromatic carbocycles. The number of pyridine rings is 1. The number of piperidine rings is 1. The van der Waals surface area contributed by atoms with Crippen molar-refractivity contribution in [3.63, 3.8) is 0 Å². The monoisotopic (exact) mass is 401 g/mol. The molecule has 0 N–H and O–H groups in total. The van der Waals surface area contributed by atoms with Crippen molar-refractivity contribution in [3.05, 3.63) is 60.2 Å². The Labute approximate surface area is 175 Å². The lowest BCUT2D eigenvalue weighted by molar-refractivity contribution is 0.141. The molecule has 0 bridgehead atoms. The van der Waals surface area contributed by atoms with Gasteiger partial charge in [-0.15, -0.1) is 0 Å². The van der Waals surface area contributed by atoms with Crippen molar-refractivity contribution in [3.8, 4) is 23.2 Å². The maximum absolute atomic E-state index is 8.98. The highest BCUT2D eigenvalue weighted by Gasteiger charge is 2.58. The minimum Gasteiger partial charge on any atom is -0.492 e. The molecule has 1 saturated carbocycles. The summed E-state index contributed by atoms with van der Waals surface area (Å²) >= 11 is 0. The van der Waals surface area contributed by atoms with E-state index < -0.39 is 0 Å². The Morgan fingerprint density at radius 1 is 1.23 bits per heavy atom. The van der Waals surface area contributed by atoms with E-state index in [0.717, 1.165) is 56.1 Å². The Morgan fingerprint density at radius 2 is 2.13 bits per heavy atom. The number of nitriles is 1. The number of nitrogens with zero attached hydrogens (tertiary/aromatic N) is 5. The number of benzene rings is 1. The fourth-order valence-corrected chi connectivity index (χ4v) is 4.41. The fraction of sp³-hybridized carbons (Fsp3) is 0.391. The topological polar surface area (TPSA) is 88.1 Å². The molecule has 152 valence electrons. The van der Waals surface area contributed by atoms with Gasteiger partial charge in [-0.2, -0.15) is 10.2 Å². The van der Waals surface area contributed by atoms with E-state index in [-0.39, 0.29) is 0 Å². The van der Waals surface area contributed by atoms with E-state index in [2.05, 4.69) is 26.1 Å². The molecule has 1 atom stereocenters. The lowest BCUT2D eigenvalue weighted by atomic mass is 9.91. The van der Waals surface area contributed by atoms with Crippen LogP contribution >= 0.6 is 0 Å². The number of ether oxygens (including phenoxy) is 1. The molecule has 5 rings (SSSR count). The maximum Gasteiger partial charge on any atom is 0.230 e. The van der Waals surface area contributed by atoms with Crippen LogP contribution < -0.4 is 4.74 Å². The summed E-state index contributed by atoms with van der Waals surface area (Å²) in [4.78, 5) is 11.2. The van der Waals surface area contributed by atoms with Gasteiger partial charge in [0.05, 0.1) is 11.6 Å². The number of rotatable bonds is 6. The van der Waals surface area contributed by atoms with E-state index in [4.69, 9.17) is 14.5 Å². The quantitative estimate of drug-likeness (QED) is 0.623. The Morgan fingerprint density at radius 3 is 2.93 bits per heavy atom. The van der Waals surface area contributed by atoms with Gasteiger partial charge in [-0.1, -0.05) is 11.2 Å². The van der Waals surface area contributed by atoms with Gasteiger partial charge < -0.3 is 9.26 Å². The molecule has 0 amide bonds. The standard InChI is InChI=1S/C23H23N5O2/c24-15-17-3-1-5-19(13-17)29-12-11-28-9-6-23(7-10-28)14-20(23)22-26-21(27-30-22)18-4-2-8-25-16-18/h1-5,8,13,16,20H,6-7,9-12,14H2/t20-/m0/s1. The second-order valence-corrected chi connectivity index (χ2v) is 8.15. The summed E-state index contributed by atoms with van der Waals surface area (Å²) in [6, 6.07) is 13.3. The van der Waals surface area contributed by atoms with Crippen LogP contribution in [0.3, 0.4) is 0 Å². The second-order valence-electron chi connectivity index (χ2n) is 8.15. The summed E-state index contributed by atoms with van der Waals surface area (Å²) in [7, 11) is 0. The first-order valence-electron chi connectivity index (χ1n) is 10.4. The Bertz CT molecular complexity index is 1050. The third-order valence-corrected chi connectivity index (χ3v) is 6.34. The van der Waals surface area contributed by atoms with E-state index in [9.17, 15) is 0 Å². The molecule has 0 unspecified atom stereocenters. The van der Waals surface area contributed by atoms with Gasteiger partial charge in [0.2, 0.25) is 11.7 Å². The van der Waals surface area contributed by atoms with Crippen LogP contribution in [0.5, 0.6) is 5.75 Å². The van der Waals surface area contributed by atoms with Crippen LogP contribution in [-0.4, -0.2) is 46.3 Å². The van der Waals surface area contributed by atoms with Crippen LogP contribution in [0.2, 0.25) is 0 Å². The number of hydrogen-bond acceptors (Lipinski definition) is 7. The molecule has 1 aliphatic heterocycles. The van der Waals surface area contributed by atoms with Crippen LogP contribution in [0, 0.1) is 16.7 Å². The van der Waals surface area contributed by atoms with Gasteiger partial charge in [-0.05, 0) is 68.1 Å². The van der Waals surface area contributed by atoms with Gasteiger partial charge in [0.15, 0.2) is 0 Å². The SMILES string of the molecule is N#Cc1cccc(OCCN2CCC3(CC2)C[C@H]3c2nc(-c3cccnc3)no2)c1. The number of hydrogen-bond donors (Lipinski definition) is 0. The van der Waals surface area contributed by atoms with Crippen LogP contribution in [0.1, 0.15) is 36.6 Å². The summed E-state index contributed by atoms with van der Waals surface area (Å²) < 4.78 is 11.4. The highest BCUT2D eigenvalue weighted by molar-refractivity contribution is 5.52. The molecule has 0 radical (unpaired) electrons. The zero-order chi connectivity index (χ0) is 20.4. The number of aromatic nitrogens is 3. The van der Waals surface area contributed by atoms with Crippen LogP contribution in [0.25, 0.3) is 11.4 Å². The summed E-state index contributed by atoms with van der Waals surface area (Å²) in [6.45, 7) is 3.63. The lowest BCUT2D eigenvalue weighted by Crippen LogP contribution is -2.37. The van der Waals surface area contributed by atoms with Crippen molar-refractivity contribution in [2.75, 3.05) is 26.2 Å². The average Bonchev–Trinajstić information content (AvgIpc) is 3.27. The zero-order valence-corrected chi connectivity index (χ0v) is 16.7. The predicted octanol–water partition coefficient (Wildman–Crippen LogP) is 3.65. The van der Waals surface area contributed by atoms with Crippen LogP contribution in [-0.2, 0) is 0 Å². The van der Waals surface area contributed by atoms with Crippen molar-refractivity contribution >= 4 is 0 Å². The van der Waals surface area contributed by atoms with Gasteiger partial charge in [-0.3, -0.25) is 9.88 Å². The predicted molar refractivity (Wildman–Crippen MR) is 110 cm³/mol. The smallest absolute Gasteiger partial charge is 0.230 e. The average molecular weight is 401 g/mol. The highest BCUT2D eigenvalue weighted by atomic mass is 16.5. The number of likely N-dealkylation sites (tertiary alicyclic amines) is 1. The molecule has 1 aliphatic carbocycles. The summed E-state index contributed by atoms with van der Waals surface area (Å²) in [5.41, 5.74) is 1.83. The molecule has 7 nitrogen and oxygen atoms in total. The van der Waals surface area contributed by atoms with Gasteiger partial charge in [-0.25, -0.2) is 0 Å². The lowest BCUT2D eigenvalue weighted by Gasteiger charge is -2.32. The van der Waals surface area contributed by atoms with Gasteiger partial charge in [0.1, 0.15) is 12.4 Å². The van der Waals surface area contributed by atoms with E-state index in [1.54, 1.807) is 24.5 Å². The third-order valence-electron chi connectivity index (χ3n) is 6.34. The molecule has 2 fully saturated rings. The van der Waals surface area contributed by atoms with Crippen LogP contribution in [0.15, 0.2) is 53.3 Å². The molecule has 3 heterocycles. The van der Waals surface area contributed by atoms with E-state index in [1.165, 1.54) is 0 Å². The van der Waals surface area contributed by atoms with Crippen molar-refractivity contribution in [2.45, 2.75) is 25.2 Å². The zero-order valence-electron chi connectivity index (χ0n) is 16.7. The molecule has 3 aromatic rings. The Balaban J connectivity index is 1.11. The van der Waals surface area contributed by atoms with Gasteiger partial charge in [0, 0.05) is 30.4 Å². The highest BCUT2D eigenvalue weighted by Crippen LogP contribution is 2.64. The normalized spacial score (nSPS) is 20.0. The molecule has 2 aromatic heterocycles. The largest absolute Gasteiger partial charge is 0.492 e. The molecule has 7 heteroatoms. The molecular weight excluding hydrogens is 378 g/mol. The molecule has 1 saturated heterocycles. The van der Waals surface area contributed by atoms with Gasteiger partial charge >= 0.3 is 0 Å². The van der Waals surface area contributed by atoms with Gasteiger partial charge in [0.25, 0.3) is 0 Å². The summed E-state index contributed by atoms with van der Waals surface area (Å²) in [5.74, 6) is 2.52. The third kappa shape index (κ3) is 3.79. The Kier molecular flexibility index (Phi) is 4.93. The van der Waals surface area contributed by atoms with E-state index in [0.29, 0.717) is 29.3 Å². The van der Waals surface area contributed by atoms with Crippen molar-refractivity contribution in [1.29, 1.82) is 5.26 Å². The Hall–Kier alpha value is -3.24. The molecule has 2 aliphatic rings. The van der Waals surface area contributed by atoms with E-state index >= 15 is 0 Å². The minimum absolute atomic E-state index is 0.317. The van der Waals surface area contributed by atoms with Crippen molar-refractivity contribution < 1.29 is 9.26 Å². The molecular formula is C23H23N5O2. The first kappa shape index (κ1) is 18.8. The van der Waals surface area contributed by atoms with Crippen molar-refractivity contribution in [2.24, 2.45) is 5.41 Å². The summed E-state index contributed by atoms with van der Waals surface area (Å²) in [6.07, 6.45) is 6.92. The second kappa shape index (κ2) is 7.88. The minimum atomic E-state index is 0.317. The summed E-state index contributed by atoms with van der Waals surface area (Å²) in [5, 5.41) is 13.1. The molecule has 30 heavy (non-hydrogen) atoms. The van der Waals surface area contributed by atoms with E-state index in [1.807, 2.05) is 24.3 Å². The molecule has 1 spiro atoms. The van der Waals surface area contributed by atoms with Crippen molar-refractivity contribution in [1.82, 2.24) is 20.0 Å². The first-order valence-corrected chi connectivity index (χ1v) is 10.4. The fourth-order valence-electron chi connectivity index (χ4n) is 4.41. The maximum atomic E-state index is 8.98. The first-order chi connectivity index (χ1) is 14.8. The van der Waals surface area contributed by atoms with Crippen LogP contribution in [0.4, 0.5) is 0 Å².